The summed E-state index contributed by atoms with van der Waals surface area (Å²) in [5.41, 5.74) is 4.76. The maximum absolute atomic E-state index is 14.0. The van der Waals surface area contributed by atoms with Crippen LogP contribution in [-0.4, -0.2) is 21.5 Å². The third-order valence-electron chi connectivity index (χ3n) is 5.05. The highest BCUT2D eigenvalue weighted by Gasteiger charge is 2.20. The largest absolute Gasteiger partial charge is 0.381 e. The van der Waals surface area contributed by atoms with Crippen molar-refractivity contribution in [1.82, 2.24) is 15.0 Å². The van der Waals surface area contributed by atoms with Crippen LogP contribution in [0.25, 0.3) is 28.1 Å². The maximum atomic E-state index is 14.0. The molecule has 1 aliphatic rings. The number of benzene rings is 2. The fourth-order valence-corrected chi connectivity index (χ4v) is 3.76. The van der Waals surface area contributed by atoms with Gasteiger partial charge in [0.05, 0.1) is 10.4 Å². The second-order valence-electron chi connectivity index (χ2n) is 7.07. The van der Waals surface area contributed by atoms with E-state index in [1.54, 1.807) is 18.3 Å². The minimum Gasteiger partial charge on any atom is -0.381 e. The van der Waals surface area contributed by atoms with Crippen molar-refractivity contribution in [3.63, 3.8) is 0 Å². The Hall–Kier alpha value is -3.51. The molecule has 5 nitrogen and oxygen atoms in total. The van der Waals surface area contributed by atoms with Crippen LogP contribution in [0.3, 0.4) is 0 Å². The second-order valence-corrected chi connectivity index (χ2v) is 7.48. The summed E-state index contributed by atoms with van der Waals surface area (Å²) < 4.78 is 14.0. The van der Waals surface area contributed by atoms with Crippen molar-refractivity contribution >= 4 is 39.8 Å². The molecule has 0 saturated heterocycles. The zero-order chi connectivity index (χ0) is 20.7. The Morgan fingerprint density at radius 3 is 2.77 bits per heavy atom. The number of anilines is 2. The van der Waals surface area contributed by atoms with Crippen LogP contribution in [0.5, 0.6) is 0 Å². The molecule has 0 spiro atoms. The Morgan fingerprint density at radius 2 is 1.90 bits per heavy atom. The number of rotatable bonds is 3. The number of hydrogen-bond donors (Lipinski definition) is 2. The molecular weight excluding hydrogens is 401 g/mol. The molecule has 4 aromatic rings. The summed E-state index contributed by atoms with van der Waals surface area (Å²) in [5.74, 6) is 0.769. The smallest absolute Gasteiger partial charge is 0.165 e. The molecule has 3 heterocycles. The molecule has 1 aliphatic heterocycles. The van der Waals surface area contributed by atoms with Gasteiger partial charge in [-0.3, -0.25) is 0 Å². The van der Waals surface area contributed by atoms with Gasteiger partial charge in [-0.1, -0.05) is 23.7 Å². The highest BCUT2D eigenvalue weighted by atomic mass is 35.5. The van der Waals surface area contributed by atoms with Gasteiger partial charge >= 0.3 is 0 Å². The summed E-state index contributed by atoms with van der Waals surface area (Å²) in [7, 11) is 0. The van der Waals surface area contributed by atoms with Gasteiger partial charge in [0.25, 0.3) is 0 Å². The summed E-state index contributed by atoms with van der Waals surface area (Å²) in [6, 6.07) is 15.9. The molecule has 7 heteroatoms. The Balaban J connectivity index is 1.68. The van der Waals surface area contributed by atoms with Crippen molar-refractivity contribution in [1.29, 1.82) is 0 Å². The van der Waals surface area contributed by atoms with Crippen LogP contribution in [0.15, 0.2) is 66.4 Å². The Labute approximate surface area is 177 Å². The van der Waals surface area contributed by atoms with E-state index in [4.69, 9.17) is 16.6 Å². The zero-order valence-electron chi connectivity index (χ0n) is 16.1. The van der Waals surface area contributed by atoms with Crippen molar-refractivity contribution in [3.8, 4) is 11.4 Å². The highest BCUT2D eigenvalue weighted by Crippen LogP contribution is 2.34. The van der Waals surface area contributed by atoms with Crippen LogP contribution in [0, 0.1) is 5.82 Å². The lowest BCUT2D eigenvalue weighted by atomic mass is 10.0. The lowest BCUT2D eigenvalue weighted by molar-refractivity contribution is 0.627. The first-order valence-corrected chi connectivity index (χ1v) is 9.86. The van der Waals surface area contributed by atoms with Crippen LogP contribution in [0.2, 0.25) is 5.02 Å². The molecule has 0 atom stereocenters. The van der Waals surface area contributed by atoms with Gasteiger partial charge in [0.2, 0.25) is 0 Å². The van der Waals surface area contributed by atoms with Gasteiger partial charge in [-0.25, -0.2) is 19.3 Å². The Bertz CT molecular complexity index is 1320. The van der Waals surface area contributed by atoms with Crippen LogP contribution in [0.1, 0.15) is 12.5 Å². The van der Waals surface area contributed by atoms with Gasteiger partial charge in [0.15, 0.2) is 11.5 Å². The first kappa shape index (κ1) is 18.5. The molecule has 0 fully saturated rings. The molecule has 0 saturated carbocycles. The fourth-order valence-electron chi connectivity index (χ4n) is 3.54. The van der Waals surface area contributed by atoms with E-state index >= 15 is 0 Å². The van der Waals surface area contributed by atoms with Crippen molar-refractivity contribution in [2.45, 2.75) is 6.92 Å². The van der Waals surface area contributed by atoms with Gasteiger partial charge in [-0.05, 0) is 55.0 Å². The van der Waals surface area contributed by atoms with E-state index in [0.29, 0.717) is 28.9 Å². The SMILES string of the molecule is CC1=C(Nc2nc(-c3ccccc3Cl)nc3ncccc23)c2cc(F)ccc2NC1. The second kappa shape index (κ2) is 7.39. The van der Waals surface area contributed by atoms with Crippen LogP contribution < -0.4 is 10.6 Å². The van der Waals surface area contributed by atoms with Gasteiger partial charge in [-0.15, -0.1) is 0 Å². The van der Waals surface area contributed by atoms with Crippen LogP contribution in [-0.2, 0) is 0 Å². The van der Waals surface area contributed by atoms with E-state index in [2.05, 4.69) is 20.6 Å². The lowest BCUT2D eigenvalue weighted by Gasteiger charge is -2.24. The summed E-state index contributed by atoms with van der Waals surface area (Å²) in [6.07, 6.45) is 1.69. The monoisotopic (exact) mass is 417 g/mol. The van der Waals surface area contributed by atoms with Crippen LogP contribution in [0.4, 0.5) is 15.9 Å². The number of nitrogens with one attached hydrogen (secondary N) is 2. The quantitative estimate of drug-likeness (QED) is 0.444. The van der Waals surface area contributed by atoms with E-state index in [1.165, 1.54) is 12.1 Å². The molecule has 5 rings (SSSR count). The predicted molar refractivity (Wildman–Crippen MR) is 119 cm³/mol. The van der Waals surface area contributed by atoms with Crippen molar-refractivity contribution < 1.29 is 4.39 Å². The predicted octanol–water partition coefficient (Wildman–Crippen LogP) is 5.75. The van der Waals surface area contributed by atoms with E-state index < -0.39 is 0 Å². The summed E-state index contributed by atoms with van der Waals surface area (Å²) in [6.45, 7) is 2.65. The summed E-state index contributed by atoms with van der Waals surface area (Å²) in [5, 5.41) is 8.06. The number of fused-ring (bicyclic) bond motifs is 2. The van der Waals surface area contributed by atoms with Gasteiger partial charge < -0.3 is 10.6 Å². The average molecular weight is 418 g/mol. The van der Waals surface area contributed by atoms with Gasteiger partial charge in [0, 0.05) is 35.3 Å². The average Bonchev–Trinajstić information content (AvgIpc) is 2.76. The highest BCUT2D eigenvalue weighted by molar-refractivity contribution is 6.33. The third-order valence-corrected chi connectivity index (χ3v) is 5.38. The molecular formula is C23H17ClFN5. The number of hydrogen-bond acceptors (Lipinski definition) is 5. The summed E-state index contributed by atoms with van der Waals surface area (Å²) in [4.78, 5) is 13.8. The number of aromatic nitrogens is 3. The molecule has 30 heavy (non-hydrogen) atoms. The molecule has 0 radical (unpaired) electrons. The van der Waals surface area contributed by atoms with E-state index in [-0.39, 0.29) is 5.82 Å². The molecule has 148 valence electrons. The first-order valence-electron chi connectivity index (χ1n) is 9.48. The topological polar surface area (TPSA) is 62.7 Å². The molecule has 2 aromatic heterocycles. The van der Waals surface area contributed by atoms with E-state index in [0.717, 1.165) is 33.5 Å². The molecule has 0 aliphatic carbocycles. The van der Waals surface area contributed by atoms with Crippen molar-refractivity contribution in [2.75, 3.05) is 17.2 Å². The van der Waals surface area contributed by atoms with Crippen LogP contribution >= 0.6 is 11.6 Å². The number of pyridine rings is 1. The van der Waals surface area contributed by atoms with Gasteiger partial charge in [-0.2, -0.15) is 0 Å². The van der Waals surface area contributed by atoms with Gasteiger partial charge in [0.1, 0.15) is 11.6 Å². The zero-order valence-corrected chi connectivity index (χ0v) is 16.8. The Morgan fingerprint density at radius 1 is 1.03 bits per heavy atom. The first-order chi connectivity index (χ1) is 14.6. The van der Waals surface area contributed by atoms with Crippen molar-refractivity contribution in [2.24, 2.45) is 0 Å². The number of nitrogens with zero attached hydrogens (tertiary/aromatic N) is 3. The molecule has 0 unspecified atom stereocenters. The standard InChI is InChI=1S/C23H17ClFN5/c1-13-12-27-19-9-8-14(25)11-17(19)20(13)28-23-16-6-4-10-26-21(16)29-22(30-23)15-5-2-3-7-18(15)24/h2-11,27H,12H2,1H3,(H,26,28,29,30). The van der Waals surface area contributed by atoms with E-state index in [1.807, 2.05) is 37.3 Å². The normalized spacial score (nSPS) is 13.2. The number of halogens is 2. The van der Waals surface area contributed by atoms with Crippen molar-refractivity contribution in [3.05, 3.63) is 82.8 Å². The third kappa shape index (κ3) is 3.25. The molecule has 2 N–H and O–H groups in total. The summed E-state index contributed by atoms with van der Waals surface area (Å²) >= 11 is 6.38. The minimum atomic E-state index is -0.296. The lowest BCUT2D eigenvalue weighted by Crippen LogP contribution is -2.17. The fraction of sp³-hybridized carbons (Fsp3) is 0.0870. The molecule has 0 amide bonds. The Kier molecular flexibility index (Phi) is 4.56. The minimum absolute atomic E-state index is 0.296. The van der Waals surface area contributed by atoms with E-state index in [9.17, 15) is 4.39 Å². The molecule has 2 aromatic carbocycles. The molecule has 0 bridgehead atoms. The maximum Gasteiger partial charge on any atom is 0.165 e.